The molecule has 0 saturated heterocycles. The van der Waals surface area contributed by atoms with Gasteiger partial charge in [0, 0.05) is 40.8 Å². The quantitative estimate of drug-likeness (QED) is 0.758. The van der Waals surface area contributed by atoms with E-state index in [1.165, 1.54) is 19.3 Å². The van der Waals surface area contributed by atoms with E-state index in [0.717, 1.165) is 40.2 Å². The van der Waals surface area contributed by atoms with Gasteiger partial charge in [0.2, 0.25) is 0 Å². The molecule has 0 bridgehead atoms. The molecule has 4 rings (SSSR count). The first-order chi connectivity index (χ1) is 10.8. The van der Waals surface area contributed by atoms with Crippen molar-refractivity contribution in [2.75, 3.05) is 0 Å². The Morgan fingerprint density at radius 2 is 2.14 bits per heavy atom. The Kier molecular flexibility index (Phi) is 3.39. The first kappa shape index (κ1) is 13.5. The molecule has 3 heterocycles. The van der Waals surface area contributed by atoms with Gasteiger partial charge in [-0.2, -0.15) is 0 Å². The van der Waals surface area contributed by atoms with Gasteiger partial charge in [-0.15, -0.1) is 0 Å². The summed E-state index contributed by atoms with van der Waals surface area (Å²) in [6.45, 7) is 0. The summed E-state index contributed by atoms with van der Waals surface area (Å²) in [5, 5.41) is 11.6. The molecular weight excluding hydrogens is 274 g/mol. The minimum absolute atomic E-state index is 0.678. The Balaban J connectivity index is 1.55. The largest absolute Gasteiger partial charge is 0.384 e. The van der Waals surface area contributed by atoms with Gasteiger partial charge in [0.05, 0.1) is 0 Å². The summed E-state index contributed by atoms with van der Waals surface area (Å²) in [4.78, 5) is 11.9. The van der Waals surface area contributed by atoms with Gasteiger partial charge >= 0.3 is 0 Å². The Bertz CT molecular complexity index is 774. The zero-order chi connectivity index (χ0) is 14.9. The molecule has 22 heavy (non-hydrogen) atoms. The first-order valence-corrected chi connectivity index (χ1v) is 7.86. The standard InChI is InChI=1S/C18H19N3O/c22-17(16-11-21-18-15(16)2-1-9-19-18)13-6-8-14(20-10-13)7-5-12-3-4-12/h1-2,6,8-12,17,22H,3-5,7H2,(H,19,21). The molecule has 0 radical (unpaired) electrons. The smallest absolute Gasteiger partial charge is 0.137 e. The van der Waals surface area contributed by atoms with Crippen molar-refractivity contribution in [3.05, 3.63) is 59.7 Å². The highest BCUT2D eigenvalue weighted by Gasteiger charge is 2.21. The van der Waals surface area contributed by atoms with E-state index in [1.807, 2.05) is 30.5 Å². The zero-order valence-corrected chi connectivity index (χ0v) is 12.4. The highest BCUT2D eigenvalue weighted by Crippen LogP contribution is 2.33. The zero-order valence-electron chi connectivity index (χ0n) is 12.4. The van der Waals surface area contributed by atoms with Gasteiger partial charge in [-0.25, -0.2) is 4.98 Å². The van der Waals surface area contributed by atoms with Crippen molar-refractivity contribution in [3.63, 3.8) is 0 Å². The predicted molar refractivity (Wildman–Crippen MR) is 85.4 cm³/mol. The van der Waals surface area contributed by atoms with Crippen LogP contribution in [0.3, 0.4) is 0 Å². The second-order valence-corrected chi connectivity index (χ2v) is 6.11. The van der Waals surface area contributed by atoms with E-state index < -0.39 is 6.10 Å². The molecule has 0 aliphatic heterocycles. The van der Waals surface area contributed by atoms with Crippen LogP contribution in [-0.2, 0) is 6.42 Å². The summed E-state index contributed by atoms with van der Waals surface area (Å²) in [6.07, 6.45) is 9.72. The number of aromatic amines is 1. The van der Waals surface area contributed by atoms with Crippen LogP contribution in [0, 0.1) is 5.92 Å². The van der Waals surface area contributed by atoms with Gasteiger partial charge in [0.15, 0.2) is 0 Å². The number of hydrogen-bond acceptors (Lipinski definition) is 3. The molecule has 1 aliphatic carbocycles. The maximum absolute atomic E-state index is 10.6. The molecule has 1 saturated carbocycles. The van der Waals surface area contributed by atoms with Crippen LogP contribution in [0.1, 0.15) is 42.2 Å². The topological polar surface area (TPSA) is 61.8 Å². The van der Waals surface area contributed by atoms with Crippen LogP contribution in [0.25, 0.3) is 11.0 Å². The van der Waals surface area contributed by atoms with E-state index in [1.54, 1.807) is 12.4 Å². The molecule has 112 valence electrons. The Labute approximate surface area is 129 Å². The minimum atomic E-state index is -0.678. The molecule has 0 amide bonds. The molecule has 4 heteroatoms. The minimum Gasteiger partial charge on any atom is -0.384 e. The van der Waals surface area contributed by atoms with Crippen molar-refractivity contribution in [2.24, 2.45) is 5.92 Å². The fourth-order valence-corrected chi connectivity index (χ4v) is 2.89. The summed E-state index contributed by atoms with van der Waals surface area (Å²) >= 11 is 0. The van der Waals surface area contributed by atoms with E-state index in [9.17, 15) is 5.11 Å². The fourth-order valence-electron chi connectivity index (χ4n) is 2.89. The number of aromatic nitrogens is 3. The van der Waals surface area contributed by atoms with E-state index in [4.69, 9.17) is 0 Å². The highest BCUT2D eigenvalue weighted by atomic mass is 16.3. The van der Waals surface area contributed by atoms with Crippen molar-refractivity contribution < 1.29 is 5.11 Å². The summed E-state index contributed by atoms with van der Waals surface area (Å²) in [5.41, 5.74) is 3.57. The third kappa shape index (κ3) is 2.62. The Morgan fingerprint density at radius 1 is 1.23 bits per heavy atom. The van der Waals surface area contributed by atoms with Gasteiger partial charge in [-0.05, 0) is 37.0 Å². The van der Waals surface area contributed by atoms with Crippen LogP contribution in [-0.4, -0.2) is 20.1 Å². The van der Waals surface area contributed by atoms with E-state index >= 15 is 0 Å². The van der Waals surface area contributed by atoms with Crippen molar-refractivity contribution >= 4 is 11.0 Å². The number of pyridine rings is 2. The van der Waals surface area contributed by atoms with Crippen molar-refractivity contribution in [1.29, 1.82) is 0 Å². The van der Waals surface area contributed by atoms with Crippen LogP contribution in [0.4, 0.5) is 0 Å². The summed E-state index contributed by atoms with van der Waals surface area (Å²) in [5.74, 6) is 0.922. The Morgan fingerprint density at radius 3 is 2.91 bits per heavy atom. The lowest BCUT2D eigenvalue weighted by molar-refractivity contribution is 0.221. The third-order valence-electron chi connectivity index (χ3n) is 4.45. The van der Waals surface area contributed by atoms with Crippen LogP contribution in [0.5, 0.6) is 0 Å². The lowest BCUT2D eigenvalue weighted by Gasteiger charge is -2.10. The second kappa shape index (κ2) is 5.54. The van der Waals surface area contributed by atoms with E-state index in [2.05, 4.69) is 15.0 Å². The Hall–Kier alpha value is -2.20. The fraction of sp³-hybridized carbons (Fsp3) is 0.333. The lowest BCUT2D eigenvalue weighted by Crippen LogP contribution is -2.01. The normalized spacial score (nSPS) is 16.0. The average molecular weight is 293 g/mol. The molecule has 1 unspecified atom stereocenters. The maximum atomic E-state index is 10.6. The van der Waals surface area contributed by atoms with Gasteiger partial charge < -0.3 is 10.1 Å². The number of aryl methyl sites for hydroxylation is 1. The molecular formula is C18H19N3O. The van der Waals surface area contributed by atoms with Crippen molar-refractivity contribution in [3.8, 4) is 0 Å². The molecule has 1 aliphatic rings. The first-order valence-electron chi connectivity index (χ1n) is 7.86. The van der Waals surface area contributed by atoms with Crippen LogP contribution < -0.4 is 0 Å². The van der Waals surface area contributed by atoms with Gasteiger partial charge in [-0.3, -0.25) is 4.98 Å². The predicted octanol–water partition coefficient (Wildman–Crippen LogP) is 3.38. The van der Waals surface area contributed by atoms with Crippen LogP contribution in [0.15, 0.2) is 42.9 Å². The second-order valence-electron chi connectivity index (χ2n) is 6.11. The average Bonchev–Trinajstić information content (AvgIpc) is 3.30. The molecule has 3 aromatic heterocycles. The number of aliphatic hydroxyl groups excluding tert-OH is 1. The van der Waals surface area contributed by atoms with Gasteiger partial charge in [0.1, 0.15) is 11.8 Å². The molecule has 1 fully saturated rings. The van der Waals surface area contributed by atoms with Crippen LogP contribution >= 0.6 is 0 Å². The third-order valence-corrected chi connectivity index (χ3v) is 4.45. The lowest BCUT2D eigenvalue weighted by atomic mass is 10.0. The maximum Gasteiger partial charge on any atom is 0.137 e. The monoisotopic (exact) mass is 293 g/mol. The number of H-pyrrole nitrogens is 1. The van der Waals surface area contributed by atoms with E-state index in [0.29, 0.717) is 0 Å². The van der Waals surface area contributed by atoms with E-state index in [-0.39, 0.29) is 0 Å². The molecule has 1 atom stereocenters. The van der Waals surface area contributed by atoms with Crippen LogP contribution in [0.2, 0.25) is 0 Å². The number of nitrogens with zero attached hydrogens (tertiary/aromatic N) is 2. The van der Waals surface area contributed by atoms with Gasteiger partial charge in [-0.1, -0.05) is 18.9 Å². The molecule has 2 N–H and O–H groups in total. The van der Waals surface area contributed by atoms with Gasteiger partial charge in [0.25, 0.3) is 0 Å². The number of nitrogens with one attached hydrogen (secondary N) is 1. The SMILES string of the molecule is OC(c1ccc(CCC2CC2)nc1)c1c[nH]c2ncccc12. The van der Waals surface area contributed by atoms with Crippen molar-refractivity contribution in [2.45, 2.75) is 31.8 Å². The number of rotatable bonds is 5. The summed E-state index contributed by atoms with van der Waals surface area (Å²) in [7, 11) is 0. The molecule has 0 aromatic carbocycles. The molecule has 4 nitrogen and oxygen atoms in total. The number of hydrogen-bond donors (Lipinski definition) is 2. The molecule has 3 aromatic rings. The summed E-state index contributed by atoms with van der Waals surface area (Å²) < 4.78 is 0. The number of aliphatic hydroxyl groups is 1. The highest BCUT2D eigenvalue weighted by molar-refractivity contribution is 5.80. The number of fused-ring (bicyclic) bond motifs is 1. The van der Waals surface area contributed by atoms with Crippen molar-refractivity contribution in [1.82, 2.24) is 15.0 Å². The summed E-state index contributed by atoms with van der Waals surface area (Å²) in [6, 6.07) is 7.86. The molecule has 0 spiro atoms.